The number of benzene rings is 1. The van der Waals surface area contributed by atoms with Gasteiger partial charge in [-0.15, -0.1) is 0 Å². The van der Waals surface area contributed by atoms with Crippen LogP contribution in [0.1, 0.15) is 30.7 Å². The molecule has 0 N–H and O–H groups in total. The van der Waals surface area contributed by atoms with Gasteiger partial charge in [0.15, 0.2) is 0 Å². The van der Waals surface area contributed by atoms with Crippen LogP contribution in [0.25, 0.3) is 0 Å². The van der Waals surface area contributed by atoms with Crippen LogP contribution in [0.15, 0.2) is 30.3 Å². The Balaban J connectivity index is 1.81. The van der Waals surface area contributed by atoms with Crippen LogP contribution >= 0.6 is 0 Å². The lowest BCUT2D eigenvalue weighted by atomic mass is 9.70. The highest BCUT2D eigenvalue weighted by molar-refractivity contribution is 5.69. The van der Waals surface area contributed by atoms with E-state index in [0.29, 0.717) is 18.3 Å². The molecule has 1 aliphatic rings. The van der Waals surface area contributed by atoms with Crippen molar-refractivity contribution in [1.82, 2.24) is 0 Å². The Morgan fingerprint density at radius 2 is 2.00 bits per heavy atom. The second-order valence-electron chi connectivity index (χ2n) is 4.23. The second-order valence-corrected chi connectivity index (χ2v) is 4.23. The molecule has 0 unspecified atom stereocenters. The summed E-state index contributed by atoms with van der Waals surface area (Å²) in [4.78, 5) is 11.0. The first kappa shape index (κ1) is 10.2. The van der Waals surface area contributed by atoms with Gasteiger partial charge in [-0.05, 0) is 30.2 Å². The van der Waals surface area contributed by atoms with Gasteiger partial charge in [-0.2, -0.15) is 0 Å². The van der Waals surface area contributed by atoms with Crippen molar-refractivity contribution in [1.29, 1.82) is 0 Å². The molecule has 1 saturated carbocycles. The third-order valence-electron chi connectivity index (χ3n) is 3.19. The Morgan fingerprint density at radius 1 is 1.33 bits per heavy atom. The summed E-state index contributed by atoms with van der Waals surface area (Å²) in [7, 11) is 1.45. The van der Waals surface area contributed by atoms with E-state index in [4.69, 9.17) is 0 Å². The maximum absolute atomic E-state index is 11.0. The smallest absolute Gasteiger partial charge is 0.305 e. The minimum Gasteiger partial charge on any atom is -0.469 e. The van der Waals surface area contributed by atoms with E-state index in [1.54, 1.807) is 0 Å². The summed E-state index contributed by atoms with van der Waals surface area (Å²) in [6, 6.07) is 10.5. The molecule has 1 aromatic rings. The normalized spacial score (nSPS) is 24.3. The van der Waals surface area contributed by atoms with Gasteiger partial charge in [-0.3, -0.25) is 4.79 Å². The van der Waals surface area contributed by atoms with Crippen molar-refractivity contribution in [2.45, 2.75) is 25.2 Å². The molecule has 0 bridgehead atoms. The Kier molecular flexibility index (Phi) is 3.05. The van der Waals surface area contributed by atoms with Crippen molar-refractivity contribution in [2.24, 2.45) is 5.92 Å². The summed E-state index contributed by atoms with van der Waals surface area (Å²) < 4.78 is 4.66. The molecule has 0 aliphatic heterocycles. The first-order chi connectivity index (χ1) is 7.29. The van der Waals surface area contributed by atoms with Crippen molar-refractivity contribution in [3.8, 4) is 0 Å². The maximum atomic E-state index is 11.0. The molecule has 1 fully saturated rings. The zero-order valence-electron chi connectivity index (χ0n) is 8.98. The third kappa shape index (κ3) is 2.38. The lowest BCUT2D eigenvalue weighted by Crippen LogP contribution is -2.24. The summed E-state index contributed by atoms with van der Waals surface area (Å²) in [6.45, 7) is 0. The molecule has 0 atom stereocenters. The number of carbonyl (C=O) groups excluding carboxylic acids is 1. The summed E-state index contributed by atoms with van der Waals surface area (Å²) >= 11 is 0. The number of methoxy groups -OCH3 is 1. The first-order valence-electron chi connectivity index (χ1n) is 5.41. The van der Waals surface area contributed by atoms with E-state index in [-0.39, 0.29) is 5.97 Å². The molecule has 2 heteroatoms. The van der Waals surface area contributed by atoms with Gasteiger partial charge in [-0.25, -0.2) is 0 Å². The molecule has 0 heterocycles. The molecule has 1 aliphatic carbocycles. The standard InChI is InChI=1S/C13H16O2/c1-15-13(14)9-10-7-12(8-10)11-5-3-2-4-6-11/h2-6,10,12H,7-9H2,1H3. The highest BCUT2D eigenvalue weighted by atomic mass is 16.5. The summed E-state index contributed by atoms with van der Waals surface area (Å²) in [5, 5.41) is 0. The van der Waals surface area contributed by atoms with Crippen molar-refractivity contribution in [2.75, 3.05) is 7.11 Å². The number of ether oxygens (including phenoxy) is 1. The SMILES string of the molecule is COC(=O)CC1CC(c2ccccc2)C1. The van der Waals surface area contributed by atoms with Crippen LogP contribution in [0.5, 0.6) is 0 Å². The van der Waals surface area contributed by atoms with Crippen LogP contribution in [-0.2, 0) is 9.53 Å². The molecule has 2 rings (SSSR count). The fourth-order valence-electron chi connectivity index (χ4n) is 2.22. The predicted molar refractivity (Wildman–Crippen MR) is 58.5 cm³/mol. The molecule has 0 radical (unpaired) electrons. The van der Waals surface area contributed by atoms with Crippen molar-refractivity contribution in [3.63, 3.8) is 0 Å². The quantitative estimate of drug-likeness (QED) is 0.708. The largest absolute Gasteiger partial charge is 0.469 e. The zero-order valence-corrected chi connectivity index (χ0v) is 8.98. The Morgan fingerprint density at radius 3 is 2.60 bits per heavy atom. The topological polar surface area (TPSA) is 26.3 Å². The average Bonchev–Trinajstić information content (AvgIpc) is 2.23. The van der Waals surface area contributed by atoms with Gasteiger partial charge >= 0.3 is 5.97 Å². The highest BCUT2D eigenvalue weighted by Crippen LogP contribution is 2.43. The molecule has 0 aromatic heterocycles. The monoisotopic (exact) mass is 204 g/mol. The molecule has 0 spiro atoms. The van der Waals surface area contributed by atoms with E-state index in [9.17, 15) is 4.79 Å². The van der Waals surface area contributed by atoms with Crippen molar-refractivity contribution >= 4 is 5.97 Å². The minimum atomic E-state index is -0.0773. The molecule has 0 saturated heterocycles. The van der Waals surface area contributed by atoms with Gasteiger partial charge in [0.1, 0.15) is 0 Å². The lowest BCUT2D eigenvalue weighted by molar-refractivity contribution is -0.142. The van der Waals surface area contributed by atoms with Crippen LogP contribution in [0, 0.1) is 5.92 Å². The highest BCUT2D eigenvalue weighted by Gasteiger charge is 2.31. The maximum Gasteiger partial charge on any atom is 0.305 e. The van der Waals surface area contributed by atoms with E-state index in [0.717, 1.165) is 12.8 Å². The molecule has 2 nitrogen and oxygen atoms in total. The van der Waals surface area contributed by atoms with Crippen LogP contribution in [0.2, 0.25) is 0 Å². The Bertz CT molecular complexity index is 326. The summed E-state index contributed by atoms with van der Waals surface area (Å²) in [5.74, 6) is 1.11. The van der Waals surface area contributed by atoms with Gasteiger partial charge in [0.2, 0.25) is 0 Å². The molecular formula is C13H16O2. The second kappa shape index (κ2) is 4.47. The first-order valence-corrected chi connectivity index (χ1v) is 5.41. The fourth-order valence-corrected chi connectivity index (χ4v) is 2.22. The van der Waals surface area contributed by atoms with E-state index < -0.39 is 0 Å². The van der Waals surface area contributed by atoms with Crippen molar-refractivity contribution < 1.29 is 9.53 Å². The van der Waals surface area contributed by atoms with Gasteiger partial charge in [0.05, 0.1) is 7.11 Å². The van der Waals surface area contributed by atoms with Gasteiger partial charge < -0.3 is 4.74 Å². The van der Waals surface area contributed by atoms with E-state index in [1.807, 2.05) is 6.07 Å². The van der Waals surface area contributed by atoms with Gasteiger partial charge in [-0.1, -0.05) is 30.3 Å². The molecule has 15 heavy (non-hydrogen) atoms. The fraction of sp³-hybridized carbons (Fsp3) is 0.462. The minimum absolute atomic E-state index is 0.0773. The van der Waals surface area contributed by atoms with Crippen LogP contribution in [-0.4, -0.2) is 13.1 Å². The van der Waals surface area contributed by atoms with E-state index in [1.165, 1.54) is 12.7 Å². The lowest BCUT2D eigenvalue weighted by Gasteiger charge is -2.35. The molecule has 0 amide bonds. The summed E-state index contributed by atoms with van der Waals surface area (Å²) in [5.41, 5.74) is 1.40. The van der Waals surface area contributed by atoms with Gasteiger partial charge in [0, 0.05) is 6.42 Å². The van der Waals surface area contributed by atoms with Crippen LogP contribution in [0.3, 0.4) is 0 Å². The third-order valence-corrected chi connectivity index (χ3v) is 3.19. The average molecular weight is 204 g/mol. The Hall–Kier alpha value is -1.31. The zero-order chi connectivity index (χ0) is 10.7. The molecule has 1 aromatic carbocycles. The number of rotatable bonds is 3. The number of esters is 1. The number of carbonyl (C=O) groups is 1. The number of hydrogen-bond acceptors (Lipinski definition) is 2. The number of hydrogen-bond donors (Lipinski definition) is 0. The molecular weight excluding hydrogens is 188 g/mol. The van der Waals surface area contributed by atoms with Crippen molar-refractivity contribution in [3.05, 3.63) is 35.9 Å². The Labute approximate surface area is 90.3 Å². The predicted octanol–water partition coefficient (Wildman–Crippen LogP) is 2.74. The van der Waals surface area contributed by atoms with Crippen LogP contribution in [0.4, 0.5) is 0 Å². The van der Waals surface area contributed by atoms with E-state index >= 15 is 0 Å². The van der Waals surface area contributed by atoms with Crippen LogP contribution < -0.4 is 0 Å². The van der Waals surface area contributed by atoms with E-state index in [2.05, 4.69) is 29.0 Å². The molecule has 80 valence electrons. The summed E-state index contributed by atoms with van der Waals surface area (Å²) in [6.07, 6.45) is 2.83. The van der Waals surface area contributed by atoms with Gasteiger partial charge in [0.25, 0.3) is 0 Å².